The van der Waals surface area contributed by atoms with Gasteiger partial charge in [0.1, 0.15) is 4.90 Å². The number of hydrogen-bond acceptors (Lipinski definition) is 4. The van der Waals surface area contributed by atoms with Gasteiger partial charge in [-0.25, -0.2) is 13.1 Å². The van der Waals surface area contributed by atoms with Crippen LogP contribution < -0.4 is 10.5 Å². The average molecular weight is 314 g/mol. The second-order valence-electron chi connectivity index (χ2n) is 6.09. The lowest BCUT2D eigenvalue weighted by atomic mass is 9.88. The molecule has 120 valence electrons. The molecule has 1 aromatic rings. The number of nitrogens with two attached hydrogens (primary N) is 1. The number of sulfonamides is 1. The predicted molar refractivity (Wildman–Crippen MR) is 82.5 cm³/mol. The van der Waals surface area contributed by atoms with E-state index in [1.165, 1.54) is 0 Å². The van der Waals surface area contributed by atoms with Gasteiger partial charge in [0, 0.05) is 12.6 Å². The molecule has 1 aliphatic carbocycles. The van der Waals surface area contributed by atoms with Crippen LogP contribution in [0, 0.1) is 19.8 Å². The Labute approximate surface area is 127 Å². The molecule has 1 aliphatic rings. The average Bonchev–Trinajstić information content (AvgIpc) is 2.68. The van der Waals surface area contributed by atoms with Gasteiger partial charge in [0.25, 0.3) is 0 Å². The van der Waals surface area contributed by atoms with Crippen molar-refractivity contribution in [3.8, 4) is 0 Å². The van der Waals surface area contributed by atoms with Crippen LogP contribution in [-0.4, -0.2) is 30.8 Å². The largest absolute Gasteiger partial charge is 0.329 e. The van der Waals surface area contributed by atoms with E-state index >= 15 is 0 Å². The predicted octanol–water partition coefficient (Wildman–Crippen LogP) is 1.32. The van der Waals surface area contributed by atoms with Gasteiger partial charge in [0.05, 0.1) is 17.9 Å². The minimum Gasteiger partial charge on any atom is -0.329 e. The Balaban J connectivity index is 2.19. The van der Waals surface area contributed by atoms with Gasteiger partial charge in [0.2, 0.25) is 10.0 Å². The fraction of sp³-hybridized carbons (Fsp3) is 0.786. The van der Waals surface area contributed by atoms with E-state index in [1.807, 2.05) is 0 Å². The van der Waals surface area contributed by atoms with E-state index in [-0.39, 0.29) is 6.04 Å². The fourth-order valence-electron chi connectivity index (χ4n) is 3.07. The van der Waals surface area contributed by atoms with Crippen molar-refractivity contribution in [1.29, 1.82) is 0 Å². The maximum atomic E-state index is 12.6. The molecular formula is C14H26N4O2S. The van der Waals surface area contributed by atoms with Crippen molar-refractivity contribution in [2.24, 2.45) is 11.7 Å². The molecule has 0 radical (unpaired) electrons. The van der Waals surface area contributed by atoms with Crippen molar-refractivity contribution in [1.82, 2.24) is 14.5 Å². The highest BCUT2D eigenvalue weighted by Gasteiger charge is 2.28. The summed E-state index contributed by atoms with van der Waals surface area (Å²) in [6, 6.07) is 0.0443. The third-order valence-electron chi connectivity index (χ3n) is 4.26. The molecule has 0 unspecified atom stereocenters. The normalized spacial score (nSPS) is 23.4. The molecule has 0 amide bonds. The molecule has 1 aromatic heterocycles. The van der Waals surface area contributed by atoms with Crippen LogP contribution in [0.2, 0.25) is 0 Å². The van der Waals surface area contributed by atoms with Crippen LogP contribution in [0.4, 0.5) is 0 Å². The number of nitrogens with zero attached hydrogens (tertiary/aromatic N) is 2. The Morgan fingerprint density at radius 3 is 2.48 bits per heavy atom. The van der Waals surface area contributed by atoms with Crippen LogP contribution in [0.15, 0.2) is 4.90 Å². The first-order valence-corrected chi connectivity index (χ1v) is 9.10. The maximum absolute atomic E-state index is 12.6. The Hall–Kier alpha value is -0.920. The molecule has 0 spiro atoms. The summed E-state index contributed by atoms with van der Waals surface area (Å²) in [6.07, 6.45) is 3.99. The summed E-state index contributed by atoms with van der Waals surface area (Å²) in [6.45, 7) is 6.71. The monoisotopic (exact) mass is 314 g/mol. The van der Waals surface area contributed by atoms with Crippen LogP contribution in [-0.2, 0) is 16.6 Å². The standard InChI is InChI=1S/C14H26N4O2S/c1-10-4-6-13(7-5-10)17-21(19,20)14-11(2)16-18(9-8-15)12(14)3/h10,13,17H,4-9,15H2,1-3H3. The summed E-state index contributed by atoms with van der Waals surface area (Å²) in [5.74, 6) is 0.696. The highest BCUT2D eigenvalue weighted by molar-refractivity contribution is 7.89. The second kappa shape index (κ2) is 6.46. The summed E-state index contributed by atoms with van der Waals surface area (Å²) in [5, 5.41) is 4.29. The number of hydrogen-bond donors (Lipinski definition) is 2. The van der Waals surface area contributed by atoms with Gasteiger partial charge in [-0.05, 0) is 45.4 Å². The van der Waals surface area contributed by atoms with Gasteiger partial charge in [-0.2, -0.15) is 5.10 Å². The Kier molecular flexibility index (Phi) is 5.06. The number of nitrogens with one attached hydrogen (secondary N) is 1. The molecule has 1 saturated carbocycles. The summed E-state index contributed by atoms with van der Waals surface area (Å²) >= 11 is 0. The van der Waals surface area contributed by atoms with Gasteiger partial charge < -0.3 is 5.73 Å². The van der Waals surface area contributed by atoms with Crippen molar-refractivity contribution in [3.63, 3.8) is 0 Å². The van der Waals surface area contributed by atoms with Crippen molar-refractivity contribution in [2.45, 2.75) is 63.9 Å². The topological polar surface area (TPSA) is 90.0 Å². The van der Waals surface area contributed by atoms with E-state index in [0.29, 0.717) is 35.3 Å². The Bertz CT molecular complexity index is 586. The molecular weight excluding hydrogens is 288 g/mol. The zero-order valence-electron chi connectivity index (χ0n) is 13.1. The Morgan fingerprint density at radius 2 is 1.90 bits per heavy atom. The first-order chi connectivity index (χ1) is 9.85. The lowest BCUT2D eigenvalue weighted by Crippen LogP contribution is -2.37. The molecule has 1 fully saturated rings. The molecule has 0 saturated heterocycles. The number of rotatable bonds is 5. The van der Waals surface area contributed by atoms with Crippen LogP contribution in [0.25, 0.3) is 0 Å². The van der Waals surface area contributed by atoms with E-state index in [2.05, 4.69) is 16.7 Å². The number of aryl methyl sites for hydroxylation is 1. The SMILES string of the molecule is Cc1nn(CCN)c(C)c1S(=O)(=O)NC1CCC(C)CC1. The highest BCUT2D eigenvalue weighted by Crippen LogP contribution is 2.26. The fourth-order valence-corrected chi connectivity index (χ4v) is 4.78. The van der Waals surface area contributed by atoms with Crippen LogP contribution in [0.5, 0.6) is 0 Å². The molecule has 7 heteroatoms. The molecule has 0 atom stereocenters. The number of aromatic nitrogens is 2. The summed E-state index contributed by atoms with van der Waals surface area (Å²) < 4.78 is 29.8. The lowest BCUT2D eigenvalue weighted by Gasteiger charge is -2.26. The second-order valence-corrected chi connectivity index (χ2v) is 7.74. The molecule has 0 aromatic carbocycles. The van der Waals surface area contributed by atoms with Crippen LogP contribution in [0.3, 0.4) is 0 Å². The van der Waals surface area contributed by atoms with Crippen molar-refractivity contribution < 1.29 is 8.42 Å². The molecule has 1 heterocycles. The lowest BCUT2D eigenvalue weighted by molar-refractivity contribution is 0.332. The third kappa shape index (κ3) is 3.64. The van der Waals surface area contributed by atoms with E-state index in [1.54, 1.807) is 18.5 Å². The van der Waals surface area contributed by atoms with Gasteiger partial charge in [0.15, 0.2) is 0 Å². The van der Waals surface area contributed by atoms with Crippen LogP contribution >= 0.6 is 0 Å². The molecule has 3 N–H and O–H groups in total. The van der Waals surface area contributed by atoms with E-state index in [0.717, 1.165) is 25.7 Å². The third-order valence-corrected chi connectivity index (χ3v) is 6.03. The van der Waals surface area contributed by atoms with Crippen molar-refractivity contribution in [2.75, 3.05) is 6.54 Å². The maximum Gasteiger partial charge on any atom is 0.244 e. The van der Waals surface area contributed by atoms with E-state index in [9.17, 15) is 8.42 Å². The molecule has 0 aliphatic heterocycles. The summed E-state index contributed by atoms with van der Waals surface area (Å²) in [4.78, 5) is 0.314. The zero-order chi connectivity index (χ0) is 15.6. The van der Waals surface area contributed by atoms with Gasteiger partial charge in [-0.15, -0.1) is 0 Å². The first-order valence-electron chi connectivity index (χ1n) is 7.61. The first kappa shape index (κ1) is 16.5. The summed E-state index contributed by atoms with van der Waals surface area (Å²) in [5.41, 5.74) is 6.74. The van der Waals surface area contributed by atoms with Crippen LogP contribution in [0.1, 0.15) is 44.0 Å². The quantitative estimate of drug-likeness (QED) is 0.857. The smallest absolute Gasteiger partial charge is 0.244 e. The van der Waals surface area contributed by atoms with E-state index in [4.69, 9.17) is 5.73 Å². The zero-order valence-corrected chi connectivity index (χ0v) is 13.9. The molecule has 6 nitrogen and oxygen atoms in total. The summed E-state index contributed by atoms with van der Waals surface area (Å²) in [7, 11) is -3.51. The van der Waals surface area contributed by atoms with Crippen molar-refractivity contribution >= 4 is 10.0 Å². The molecule has 2 rings (SSSR count). The van der Waals surface area contributed by atoms with Gasteiger partial charge in [-0.3, -0.25) is 4.68 Å². The molecule has 21 heavy (non-hydrogen) atoms. The van der Waals surface area contributed by atoms with E-state index < -0.39 is 10.0 Å². The van der Waals surface area contributed by atoms with Gasteiger partial charge in [-0.1, -0.05) is 6.92 Å². The van der Waals surface area contributed by atoms with Gasteiger partial charge >= 0.3 is 0 Å². The highest BCUT2D eigenvalue weighted by atomic mass is 32.2. The Morgan fingerprint density at radius 1 is 1.29 bits per heavy atom. The minimum absolute atomic E-state index is 0.0443. The van der Waals surface area contributed by atoms with Crippen molar-refractivity contribution in [3.05, 3.63) is 11.4 Å². The minimum atomic E-state index is -3.51. The molecule has 0 bridgehead atoms.